The standard InChI is InChI=1S/C24H30N4O3.ClH/c29-24-27(16-17-28(24)20-6-2-1-3-7-20)11-5-10-25-12-14-26(15-13-25)21-8-4-9-22-23(21)31-19-18-30-22;/h1-4,6-9H,5,10-19H2;1H. The van der Waals surface area contributed by atoms with Crippen molar-refractivity contribution < 1.29 is 14.3 Å². The van der Waals surface area contributed by atoms with Gasteiger partial charge in [0, 0.05) is 51.5 Å². The molecule has 0 bridgehead atoms. The van der Waals surface area contributed by atoms with Crippen LogP contribution in [0.3, 0.4) is 0 Å². The zero-order valence-corrected chi connectivity index (χ0v) is 19.1. The molecule has 2 saturated heterocycles. The van der Waals surface area contributed by atoms with Gasteiger partial charge in [0.15, 0.2) is 11.5 Å². The summed E-state index contributed by atoms with van der Waals surface area (Å²) in [5, 5.41) is 0. The number of halogens is 1. The van der Waals surface area contributed by atoms with Gasteiger partial charge in [-0.1, -0.05) is 24.3 Å². The number of hydrogen-bond acceptors (Lipinski definition) is 5. The Kier molecular flexibility index (Phi) is 7.27. The van der Waals surface area contributed by atoms with Crippen LogP contribution >= 0.6 is 12.4 Å². The van der Waals surface area contributed by atoms with Crippen molar-refractivity contribution in [3.05, 3.63) is 48.5 Å². The van der Waals surface area contributed by atoms with Gasteiger partial charge in [0.25, 0.3) is 0 Å². The van der Waals surface area contributed by atoms with Crippen molar-refractivity contribution >= 4 is 29.8 Å². The first-order chi connectivity index (χ1) is 15.3. The second-order valence-electron chi connectivity index (χ2n) is 8.24. The Balaban J connectivity index is 0.00000245. The Hall–Kier alpha value is -2.64. The topological polar surface area (TPSA) is 48.5 Å². The molecule has 8 heteroatoms. The summed E-state index contributed by atoms with van der Waals surface area (Å²) in [5.74, 6) is 1.74. The number of amides is 2. The molecule has 3 heterocycles. The summed E-state index contributed by atoms with van der Waals surface area (Å²) in [6.07, 6.45) is 1.01. The van der Waals surface area contributed by atoms with Crippen LogP contribution in [0.4, 0.5) is 16.2 Å². The maximum atomic E-state index is 12.7. The van der Waals surface area contributed by atoms with E-state index in [0.29, 0.717) is 13.2 Å². The van der Waals surface area contributed by atoms with Gasteiger partial charge in [0.2, 0.25) is 0 Å². The van der Waals surface area contributed by atoms with Crippen molar-refractivity contribution in [1.82, 2.24) is 9.80 Å². The van der Waals surface area contributed by atoms with Crippen LogP contribution in [-0.2, 0) is 0 Å². The average Bonchev–Trinajstić information content (AvgIpc) is 3.20. The second kappa shape index (κ2) is 10.3. The van der Waals surface area contributed by atoms with Gasteiger partial charge in [-0.05, 0) is 37.2 Å². The molecule has 0 unspecified atom stereocenters. The molecule has 3 aliphatic heterocycles. The highest BCUT2D eigenvalue weighted by molar-refractivity contribution is 5.94. The van der Waals surface area contributed by atoms with E-state index in [1.54, 1.807) is 0 Å². The minimum Gasteiger partial charge on any atom is -0.486 e. The van der Waals surface area contributed by atoms with Crippen molar-refractivity contribution in [2.75, 3.05) is 75.4 Å². The van der Waals surface area contributed by atoms with Crippen molar-refractivity contribution in [2.24, 2.45) is 0 Å². The highest BCUT2D eigenvalue weighted by Crippen LogP contribution is 2.39. The lowest BCUT2D eigenvalue weighted by molar-refractivity contribution is 0.171. The summed E-state index contributed by atoms with van der Waals surface area (Å²) in [7, 11) is 0. The molecule has 2 aromatic carbocycles. The molecule has 3 aliphatic rings. The zero-order chi connectivity index (χ0) is 21.0. The highest BCUT2D eigenvalue weighted by Gasteiger charge is 2.29. The van der Waals surface area contributed by atoms with Gasteiger partial charge in [-0.15, -0.1) is 12.4 Å². The van der Waals surface area contributed by atoms with Crippen molar-refractivity contribution in [2.45, 2.75) is 6.42 Å². The molecule has 32 heavy (non-hydrogen) atoms. The summed E-state index contributed by atoms with van der Waals surface area (Å²) < 4.78 is 11.6. The number of carbonyl (C=O) groups excluding carboxylic acids is 1. The quantitative estimate of drug-likeness (QED) is 0.664. The van der Waals surface area contributed by atoms with Gasteiger partial charge in [-0.25, -0.2) is 4.79 Å². The van der Waals surface area contributed by atoms with E-state index in [0.717, 1.165) is 81.7 Å². The van der Waals surface area contributed by atoms with Crippen LogP contribution in [0, 0.1) is 0 Å². The van der Waals surface area contributed by atoms with E-state index in [-0.39, 0.29) is 18.4 Å². The first-order valence-electron chi connectivity index (χ1n) is 11.3. The molecule has 0 spiro atoms. The Morgan fingerprint density at radius 2 is 1.56 bits per heavy atom. The zero-order valence-electron chi connectivity index (χ0n) is 18.3. The summed E-state index contributed by atoms with van der Waals surface area (Å²) in [4.78, 5) is 21.5. The molecule has 0 atom stereocenters. The van der Waals surface area contributed by atoms with Gasteiger partial charge in [0.1, 0.15) is 13.2 Å². The molecule has 0 aromatic heterocycles. The lowest BCUT2D eigenvalue weighted by Gasteiger charge is -2.37. The molecule has 172 valence electrons. The van der Waals surface area contributed by atoms with Crippen LogP contribution in [0.1, 0.15) is 6.42 Å². The van der Waals surface area contributed by atoms with Gasteiger partial charge >= 0.3 is 6.03 Å². The first kappa shape index (κ1) is 22.6. The van der Waals surface area contributed by atoms with E-state index >= 15 is 0 Å². The number of ether oxygens (including phenoxy) is 2. The number of para-hydroxylation sites is 2. The number of anilines is 2. The predicted molar refractivity (Wildman–Crippen MR) is 129 cm³/mol. The second-order valence-corrected chi connectivity index (χ2v) is 8.24. The number of nitrogens with zero attached hydrogens (tertiary/aromatic N) is 4. The van der Waals surface area contributed by atoms with Gasteiger partial charge < -0.3 is 19.3 Å². The number of carbonyl (C=O) groups is 1. The predicted octanol–water partition coefficient (Wildman–Crippen LogP) is 3.33. The molecule has 5 rings (SSSR count). The molecule has 0 saturated carbocycles. The summed E-state index contributed by atoms with van der Waals surface area (Å²) >= 11 is 0. The van der Waals surface area contributed by atoms with Crippen molar-refractivity contribution in [3.8, 4) is 11.5 Å². The Morgan fingerprint density at radius 3 is 2.38 bits per heavy atom. The molecular weight excluding hydrogens is 428 g/mol. The maximum absolute atomic E-state index is 12.7. The van der Waals surface area contributed by atoms with E-state index in [1.165, 1.54) is 0 Å². The fourth-order valence-electron chi connectivity index (χ4n) is 4.64. The van der Waals surface area contributed by atoms with Gasteiger partial charge in [-0.2, -0.15) is 0 Å². The number of benzene rings is 2. The van der Waals surface area contributed by atoms with Crippen LogP contribution in [0.2, 0.25) is 0 Å². The lowest BCUT2D eigenvalue weighted by Crippen LogP contribution is -2.47. The summed E-state index contributed by atoms with van der Waals surface area (Å²) in [5.41, 5.74) is 2.13. The summed E-state index contributed by atoms with van der Waals surface area (Å²) in [6, 6.07) is 16.2. The molecule has 2 fully saturated rings. The third kappa shape index (κ3) is 4.74. The summed E-state index contributed by atoms with van der Waals surface area (Å²) in [6.45, 7) is 8.65. The van der Waals surface area contributed by atoms with E-state index in [2.05, 4.69) is 15.9 Å². The molecule has 2 amide bonds. The minimum absolute atomic E-state index is 0. The van der Waals surface area contributed by atoms with Gasteiger partial charge in [0.05, 0.1) is 5.69 Å². The van der Waals surface area contributed by atoms with Gasteiger partial charge in [-0.3, -0.25) is 9.80 Å². The van der Waals surface area contributed by atoms with E-state index in [4.69, 9.17) is 9.47 Å². The largest absolute Gasteiger partial charge is 0.486 e. The van der Waals surface area contributed by atoms with E-state index in [1.807, 2.05) is 52.3 Å². The third-order valence-corrected chi connectivity index (χ3v) is 6.32. The normalized spacial score (nSPS) is 18.6. The van der Waals surface area contributed by atoms with Crippen LogP contribution in [0.5, 0.6) is 11.5 Å². The SMILES string of the molecule is Cl.O=C1N(CCCN2CCN(c3cccc4c3OCCO4)CC2)CCN1c1ccccc1. The van der Waals surface area contributed by atoms with Crippen LogP contribution in [-0.4, -0.2) is 81.4 Å². The van der Waals surface area contributed by atoms with Crippen molar-refractivity contribution in [3.63, 3.8) is 0 Å². The lowest BCUT2D eigenvalue weighted by atomic mass is 10.2. The maximum Gasteiger partial charge on any atom is 0.324 e. The van der Waals surface area contributed by atoms with Crippen LogP contribution in [0.25, 0.3) is 0 Å². The molecule has 7 nitrogen and oxygen atoms in total. The molecule has 0 N–H and O–H groups in total. The molecular formula is C24H31ClN4O3. The number of hydrogen-bond donors (Lipinski definition) is 0. The van der Waals surface area contributed by atoms with E-state index < -0.39 is 0 Å². The Bertz CT molecular complexity index is 905. The first-order valence-corrected chi connectivity index (χ1v) is 11.3. The van der Waals surface area contributed by atoms with Crippen LogP contribution in [0.15, 0.2) is 48.5 Å². The molecule has 2 aromatic rings. The third-order valence-electron chi connectivity index (χ3n) is 6.32. The molecule has 0 aliphatic carbocycles. The fraction of sp³-hybridized carbons (Fsp3) is 0.458. The number of rotatable bonds is 6. The Labute approximate surface area is 195 Å². The number of fused-ring (bicyclic) bond motifs is 1. The number of piperazine rings is 1. The minimum atomic E-state index is 0. The monoisotopic (exact) mass is 458 g/mol. The van der Waals surface area contributed by atoms with Crippen LogP contribution < -0.4 is 19.3 Å². The Morgan fingerprint density at radius 1 is 0.781 bits per heavy atom. The van der Waals surface area contributed by atoms with E-state index in [9.17, 15) is 4.79 Å². The average molecular weight is 459 g/mol. The number of urea groups is 1. The fourth-order valence-corrected chi connectivity index (χ4v) is 4.64. The van der Waals surface area contributed by atoms with Crippen molar-refractivity contribution in [1.29, 1.82) is 0 Å². The highest BCUT2D eigenvalue weighted by atomic mass is 35.5. The molecule has 0 radical (unpaired) electrons. The smallest absolute Gasteiger partial charge is 0.324 e.